The minimum Gasteiger partial charge on any atom is -0.494 e. The number of fused-ring (bicyclic) bond motifs is 3. The summed E-state index contributed by atoms with van der Waals surface area (Å²) in [5.41, 5.74) is 1.17. The van der Waals surface area contributed by atoms with Gasteiger partial charge in [-0.1, -0.05) is 18.2 Å². The van der Waals surface area contributed by atoms with Gasteiger partial charge in [-0.2, -0.15) is 0 Å². The summed E-state index contributed by atoms with van der Waals surface area (Å²) < 4.78 is 7.18. The molecule has 7 heteroatoms. The van der Waals surface area contributed by atoms with Crippen LogP contribution in [-0.2, 0) is 24.2 Å². The van der Waals surface area contributed by atoms with Gasteiger partial charge in [0.2, 0.25) is 5.91 Å². The van der Waals surface area contributed by atoms with Crippen molar-refractivity contribution in [3.05, 3.63) is 57.5 Å². The number of amides is 1. The van der Waals surface area contributed by atoms with Crippen molar-refractivity contribution in [2.24, 2.45) is 0 Å². The Labute approximate surface area is 173 Å². The van der Waals surface area contributed by atoms with Crippen LogP contribution >= 0.6 is 11.3 Å². The van der Waals surface area contributed by atoms with Gasteiger partial charge in [0.05, 0.1) is 18.3 Å². The predicted octanol–water partition coefficient (Wildman–Crippen LogP) is 3.31. The summed E-state index contributed by atoms with van der Waals surface area (Å²) in [5, 5.41) is 3.66. The lowest BCUT2D eigenvalue weighted by atomic mass is 9.97. The molecule has 4 rings (SSSR count). The van der Waals surface area contributed by atoms with E-state index in [4.69, 9.17) is 4.74 Å². The summed E-state index contributed by atoms with van der Waals surface area (Å²) in [6, 6.07) is 9.62. The molecule has 1 amide bonds. The number of benzene rings is 1. The van der Waals surface area contributed by atoms with Crippen LogP contribution in [0.4, 0.5) is 0 Å². The van der Waals surface area contributed by atoms with E-state index < -0.39 is 0 Å². The highest BCUT2D eigenvalue weighted by molar-refractivity contribution is 7.18. The highest BCUT2D eigenvalue weighted by atomic mass is 32.1. The average molecular weight is 412 g/mol. The first kappa shape index (κ1) is 19.6. The maximum Gasteiger partial charge on any atom is 0.262 e. The molecule has 1 aromatic carbocycles. The van der Waals surface area contributed by atoms with E-state index in [0.717, 1.165) is 41.6 Å². The molecule has 1 aliphatic carbocycles. The van der Waals surface area contributed by atoms with E-state index in [2.05, 4.69) is 10.3 Å². The molecule has 0 atom stereocenters. The summed E-state index contributed by atoms with van der Waals surface area (Å²) in [7, 11) is 0. The van der Waals surface area contributed by atoms with Gasteiger partial charge in [0.15, 0.2) is 0 Å². The molecule has 0 saturated heterocycles. The van der Waals surface area contributed by atoms with Crippen LogP contribution in [0.2, 0.25) is 0 Å². The smallest absolute Gasteiger partial charge is 0.262 e. The highest BCUT2D eigenvalue weighted by Crippen LogP contribution is 2.33. The summed E-state index contributed by atoms with van der Waals surface area (Å²) in [6.07, 6.45) is 6.89. The number of aryl methyl sites for hydroxylation is 3. The van der Waals surface area contributed by atoms with Crippen LogP contribution in [-0.4, -0.2) is 28.6 Å². The third-order valence-electron chi connectivity index (χ3n) is 5.18. The molecule has 0 radical (unpaired) electrons. The Balaban J connectivity index is 1.26. The zero-order valence-electron chi connectivity index (χ0n) is 16.4. The average Bonchev–Trinajstić information content (AvgIpc) is 3.13. The molecule has 29 heavy (non-hydrogen) atoms. The molecule has 0 bridgehead atoms. The van der Waals surface area contributed by atoms with Crippen LogP contribution in [0.5, 0.6) is 5.75 Å². The van der Waals surface area contributed by atoms with Gasteiger partial charge in [-0.05, 0) is 49.8 Å². The molecule has 152 valence electrons. The van der Waals surface area contributed by atoms with Crippen LogP contribution in [0.15, 0.2) is 41.5 Å². The normalized spacial score (nSPS) is 13.2. The van der Waals surface area contributed by atoms with Crippen LogP contribution in [0.25, 0.3) is 10.2 Å². The van der Waals surface area contributed by atoms with Crippen molar-refractivity contribution in [3.63, 3.8) is 0 Å². The third-order valence-corrected chi connectivity index (χ3v) is 6.38. The molecule has 0 saturated carbocycles. The Morgan fingerprint density at radius 2 is 2.03 bits per heavy atom. The first-order chi connectivity index (χ1) is 14.2. The molecule has 2 aromatic heterocycles. The molecule has 2 heterocycles. The lowest BCUT2D eigenvalue weighted by molar-refractivity contribution is -0.121. The SMILES string of the molecule is O=C(CCn1cnc2sc3c(c2c1=O)CCCC3)NCCCOc1ccccc1. The predicted molar refractivity (Wildman–Crippen MR) is 115 cm³/mol. The first-order valence-electron chi connectivity index (χ1n) is 10.2. The number of thiophene rings is 1. The molecular weight excluding hydrogens is 386 g/mol. The van der Waals surface area contributed by atoms with Gasteiger partial charge in [0, 0.05) is 24.4 Å². The fraction of sp³-hybridized carbons (Fsp3) is 0.409. The maximum atomic E-state index is 12.9. The number of nitrogens with one attached hydrogen (secondary N) is 1. The number of ether oxygens (including phenoxy) is 1. The van der Waals surface area contributed by atoms with Crippen molar-refractivity contribution in [2.75, 3.05) is 13.2 Å². The van der Waals surface area contributed by atoms with Crippen molar-refractivity contribution in [1.29, 1.82) is 0 Å². The van der Waals surface area contributed by atoms with Crippen molar-refractivity contribution in [2.45, 2.75) is 45.1 Å². The van der Waals surface area contributed by atoms with Crippen molar-refractivity contribution < 1.29 is 9.53 Å². The number of carbonyl (C=O) groups excluding carboxylic acids is 1. The van der Waals surface area contributed by atoms with Gasteiger partial charge in [-0.25, -0.2) is 4.98 Å². The number of hydrogen-bond acceptors (Lipinski definition) is 5. The Hall–Kier alpha value is -2.67. The van der Waals surface area contributed by atoms with E-state index in [0.29, 0.717) is 19.7 Å². The maximum absolute atomic E-state index is 12.9. The minimum absolute atomic E-state index is 0.0153. The van der Waals surface area contributed by atoms with Crippen LogP contribution in [0.3, 0.4) is 0 Å². The minimum atomic E-state index is -0.0657. The number of para-hydroxylation sites is 1. The van der Waals surface area contributed by atoms with Crippen LogP contribution < -0.4 is 15.6 Å². The van der Waals surface area contributed by atoms with Crippen LogP contribution in [0, 0.1) is 0 Å². The van der Waals surface area contributed by atoms with Crippen molar-refractivity contribution in [1.82, 2.24) is 14.9 Å². The van der Waals surface area contributed by atoms with Gasteiger partial charge in [0.25, 0.3) is 5.56 Å². The lowest BCUT2D eigenvalue weighted by Gasteiger charge is -2.10. The second-order valence-electron chi connectivity index (χ2n) is 7.25. The van der Waals surface area contributed by atoms with Gasteiger partial charge in [-0.3, -0.25) is 14.2 Å². The molecule has 0 aliphatic heterocycles. The van der Waals surface area contributed by atoms with Crippen molar-refractivity contribution >= 4 is 27.5 Å². The lowest BCUT2D eigenvalue weighted by Crippen LogP contribution is -2.29. The van der Waals surface area contributed by atoms with Crippen molar-refractivity contribution in [3.8, 4) is 5.75 Å². The summed E-state index contributed by atoms with van der Waals surface area (Å²) in [5.74, 6) is 0.765. The summed E-state index contributed by atoms with van der Waals surface area (Å²) >= 11 is 1.65. The Morgan fingerprint density at radius 3 is 2.90 bits per heavy atom. The Morgan fingerprint density at radius 1 is 1.21 bits per heavy atom. The van der Waals surface area contributed by atoms with Crippen LogP contribution in [0.1, 0.15) is 36.1 Å². The van der Waals surface area contributed by atoms with Gasteiger partial charge >= 0.3 is 0 Å². The molecule has 0 spiro atoms. The monoisotopic (exact) mass is 411 g/mol. The number of carbonyl (C=O) groups is 1. The van der Waals surface area contributed by atoms with E-state index in [-0.39, 0.29) is 17.9 Å². The fourth-order valence-electron chi connectivity index (χ4n) is 3.66. The Kier molecular flexibility index (Phi) is 6.24. The molecule has 1 N–H and O–H groups in total. The van der Waals surface area contributed by atoms with E-state index in [9.17, 15) is 9.59 Å². The van der Waals surface area contributed by atoms with Gasteiger partial charge < -0.3 is 10.1 Å². The van der Waals surface area contributed by atoms with Gasteiger partial charge in [-0.15, -0.1) is 11.3 Å². The number of aromatic nitrogens is 2. The molecule has 1 aliphatic rings. The summed E-state index contributed by atoms with van der Waals surface area (Å²) in [6.45, 7) is 1.45. The molecule has 0 unspecified atom stereocenters. The second kappa shape index (κ2) is 9.22. The number of rotatable bonds is 8. The fourth-order valence-corrected chi connectivity index (χ4v) is 4.88. The zero-order valence-corrected chi connectivity index (χ0v) is 17.2. The zero-order chi connectivity index (χ0) is 20.1. The molecular formula is C22H25N3O3S. The standard InChI is InChI=1S/C22H25N3O3S/c26-19(23-12-6-14-28-16-7-2-1-3-8-16)11-13-25-15-24-21-20(22(25)27)17-9-4-5-10-18(17)29-21/h1-3,7-8,15H,4-6,9-14H2,(H,23,26). The van der Waals surface area contributed by atoms with Gasteiger partial charge in [0.1, 0.15) is 10.6 Å². The number of nitrogens with zero attached hydrogens (tertiary/aromatic N) is 2. The molecule has 0 fully saturated rings. The van der Waals surface area contributed by atoms with E-state index >= 15 is 0 Å². The highest BCUT2D eigenvalue weighted by Gasteiger charge is 2.20. The van der Waals surface area contributed by atoms with E-state index in [1.54, 1.807) is 22.2 Å². The quantitative estimate of drug-likeness (QED) is 0.577. The largest absolute Gasteiger partial charge is 0.494 e. The second-order valence-corrected chi connectivity index (χ2v) is 8.33. The number of hydrogen-bond donors (Lipinski definition) is 1. The third kappa shape index (κ3) is 4.67. The topological polar surface area (TPSA) is 73.2 Å². The summed E-state index contributed by atoms with van der Waals surface area (Å²) in [4.78, 5) is 31.6. The van der Waals surface area contributed by atoms with E-state index in [1.165, 1.54) is 16.9 Å². The molecule has 6 nitrogen and oxygen atoms in total. The first-order valence-corrected chi connectivity index (χ1v) is 11.0. The Bertz CT molecular complexity index is 1040. The molecule has 3 aromatic rings. The van der Waals surface area contributed by atoms with E-state index in [1.807, 2.05) is 30.3 Å².